The molecule has 0 saturated carbocycles. The van der Waals surface area contributed by atoms with Gasteiger partial charge in [-0.1, -0.05) is 0 Å². The summed E-state index contributed by atoms with van der Waals surface area (Å²) in [7, 11) is 1.26. The second-order valence-electron chi connectivity index (χ2n) is 3.16. The van der Waals surface area contributed by atoms with Gasteiger partial charge in [-0.3, -0.25) is 4.79 Å². The molecular weight excluding hydrogens is 248 g/mol. The van der Waals surface area contributed by atoms with Gasteiger partial charge in [0.15, 0.2) is 17.9 Å². The molecule has 0 amide bonds. The van der Waals surface area contributed by atoms with Crippen LogP contribution in [-0.4, -0.2) is 18.4 Å². The molecule has 1 heterocycles. The zero-order valence-corrected chi connectivity index (χ0v) is 9.55. The van der Waals surface area contributed by atoms with Crippen molar-refractivity contribution in [2.24, 2.45) is 0 Å². The van der Waals surface area contributed by atoms with E-state index >= 15 is 0 Å². The van der Waals surface area contributed by atoms with Gasteiger partial charge in [-0.25, -0.2) is 13.8 Å². The molecule has 0 fully saturated rings. The number of carbonyl (C=O) groups is 1. The Balaban J connectivity index is 2.52. The normalized spacial score (nSPS) is 10.3. The first kappa shape index (κ1) is 11.7. The molecule has 17 heavy (non-hydrogen) atoms. The number of thiazole rings is 1. The Labute approximate surface area is 99.7 Å². The van der Waals surface area contributed by atoms with Gasteiger partial charge >= 0.3 is 0 Å². The summed E-state index contributed by atoms with van der Waals surface area (Å²) < 4.78 is 31.7. The molecule has 0 N–H and O–H groups in total. The standard InChI is InChI=1S/C11H7F2NO2S/c1-16-10-3-8(12)7(2-9(10)13)11-14-6(4-15)5-17-11/h2-5H,1H3. The van der Waals surface area contributed by atoms with Gasteiger partial charge in [0.05, 0.1) is 7.11 Å². The fourth-order valence-corrected chi connectivity index (χ4v) is 2.10. The van der Waals surface area contributed by atoms with Gasteiger partial charge in [0.1, 0.15) is 16.5 Å². The lowest BCUT2D eigenvalue weighted by atomic mass is 10.2. The molecule has 3 nitrogen and oxygen atoms in total. The summed E-state index contributed by atoms with van der Waals surface area (Å²) in [6.07, 6.45) is 0.553. The average Bonchev–Trinajstić information content (AvgIpc) is 2.80. The monoisotopic (exact) mass is 255 g/mol. The van der Waals surface area contributed by atoms with E-state index in [9.17, 15) is 13.6 Å². The van der Waals surface area contributed by atoms with E-state index in [4.69, 9.17) is 0 Å². The van der Waals surface area contributed by atoms with Crippen LogP contribution in [0, 0.1) is 11.6 Å². The minimum Gasteiger partial charge on any atom is -0.494 e. The predicted octanol–water partition coefficient (Wildman–Crippen LogP) is 2.91. The summed E-state index contributed by atoms with van der Waals surface area (Å²) in [4.78, 5) is 14.3. The van der Waals surface area contributed by atoms with Crippen molar-refractivity contribution >= 4 is 17.6 Å². The van der Waals surface area contributed by atoms with Crippen molar-refractivity contribution in [1.82, 2.24) is 4.98 Å². The van der Waals surface area contributed by atoms with Crippen LogP contribution in [0.2, 0.25) is 0 Å². The largest absolute Gasteiger partial charge is 0.494 e. The van der Waals surface area contributed by atoms with Crippen LogP contribution in [0.1, 0.15) is 10.5 Å². The summed E-state index contributed by atoms with van der Waals surface area (Å²) in [5.74, 6) is -1.49. The Hall–Kier alpha value is -1.82. The van der Waals surface area contributed by atoms with E-state index in [0.29, 0.717) is 6.29 Å². The van der Waals surface area contributed by atoms with Crippen molar-refractivity contribution in [3.05, 3.63) is 34.8 Å². The van der Waals surface area contributed by atoms with Gasteiger partial charge < -0.3 is 4.74 Å². The molecule has 2 aromatic rings. The summed E-state index contributed by atoms with van der Waals surface area (Å²) >= 11 is 1.07. The van der Waals surface area contributed by atoms with Crippen molar-refractivity contribution in [3.8, 4) is 16.3 Å². The first-order valence-electron chi connectivity index (χ1n) is 4.60. The number of hydrogen-bond acceptors (Lipinski definition) is 4. The van der Waals surface area contributed by atoms with E-state index in [1.54, 1.807) is 0 Å². The van der Waals surface area contributed by atoms with Crippen LogP contribution in [0.4, 0.5) is 8.78 Å². The smallest absolute Gasteiger partial charge is 0.169 e. The van der Waals surface area contributed by atoms with E-state index < -0.39 is 11.6 Å². The fraction of sp³-hybridized carbons (Fsp3) is 0.0909. The fourth-order valence-electron chi connectivity index (χ4n) is 1.31. The summed E-state index contributed by atoms with van der Waals surface area (Å²) in [5, 5.41) is 1.73. The number of aldehydes is 1. The lowest BCUT2D eigenvalue weighted by Gasteiger charge is -2.04. The lowest BCUT2D eigenvalue weighted by Crippen LogP contribution is -1.92. The predicted molar refractivity (Wildman–Crippen MR) is 59.4 cm³/mol. The minimum atomic E-state index is -0.674. The second-order valence-corrected chi connectivity index (χ2v) is 4.02. The molecule has 0 radical (unpaired) electrons. The quantitative estimate of drug-likeness (QED) is 0.791. The van der Waals surface area contributed by atoms with E-state index in [2.05, 4.69) is 9.72 Å². The SMILES string of the molecule is COc1cc(F)c(-c2nc(C=O)cs2)cc1F. The van der Waals surface area contributed by atoms with Gasteiger partial charge in [0, 0.05) is 17.0 Å². The molecule has 6 heteroatoms. The van der Waals surface area contributed by atoms with Gasteiger partial charge in [-0.15, -0.1) is 11.3 Å². The van der Waals surface area contributed by atoms with Gasteiger partial charge in [-0.2, -0.15) is 0 Å². The highest BCUT2D eigenvalue weighted by atomic mass is 32.1. The van der Waals surface area contributed by atoms with Crippen molar-refractivity contribution in [2.45, 2.75) is 0 Å². The number of aromatic nitrogens is 1. The summed E-state index contributed by atoms with van der Waals surface area (Å²) in [6.45, 7) is 0. The number of hydrogen-bond donors (Lipinski definition) is 0. The zero-order valence-electron chi connectivity index (χ0n) is 8.74. The van der Waals surface area contributed by atoms with Gasteiger partial charge in [0.25, 0.3) is 0 Å². The molecule has 0 spiro atoms. The molecule has 1 aromatic carbocycles. The van der Waals surface area contributed by atoms with Crippen molar-refractivity contribution in [1.29, 1.82) is 0 Å². The lowest BCUT2D eigenvalue weighted by molar-refractivity contribution is 0.111. The number of nitrogens with zero attached hydrogens (tertiary/aromatic N) is 1. The third-order valence-corrected chi connectivity index (χ3v) is 3.01. The average molecular weight is 255 g/mol. The van der Waals surface area contributed by atoms with Crippen molar-refractivity contribution < 1.29 is 18.3 Å². The van der Waals surface area contributed by atoms with Crippen molar-refractivity contribution in [2.75, 3.05) is 7.11 Å². The Morgan fingerprint density at radius 1 is 1.35 bits per heavy atom. The van der Waals surface area contributed by atoms with Crippen molar-refractivity contribution in [3.63, 3.8) is 0 Å². The number of halogens is 2. The van der Waals surface area contributed by atoms with Crippen LogP contribution in [0.3, 0.4) is 0 Å². The molecule has 0 unspecified atom stereocenters. The van der Waals surface area contributed by atoms with E-state index in [1.165, 1.54) is 12.5 Å². The molecule has 0 atom stereocenters. The molecule has 0 aliphatic rings. The maximum Gasteiger partial charge on any atom is 0.169 e. The maximum atomic E-state index is 13.6. The second kappa shape index (κ2) is 4.58. The van der Waals surface area contributed by atoms with E-state index in [0.717, 1.165) is 23.5 Å². The first-order chi connectivity index (χ1) is 8.15. The zero-order chi connectivity index (χ0) is 12.4. The maximum absolute atomic E-state index is 13.6. The third kappa shape index (κ3) is 2.16. The van der Waals surface area contributed by atoms with Crippen LogP contribution >= 0.6 is 11.3 Å². The third-order valence-electron chi connectivity index (χ3n) is 2.11. The van der Waals surface area contributed by atoms with Gasteiger partial charge in [-0.05, 0) is 6.07 Å². The number of methoxy groups -OCH3 is 1. The Morgan fingerprint density at radius 3 is 2.71 bits per heavy atom. The highest BCUT2D eigenvalue weighted by Gasteiger charge is 2.14. The molecule has 2 rings (SSSR count). The molecule has 0 aliphatic heterocycles. The minimum absolute atomic E-state index is 0.0152. The van der Waals surface area contributed by atoms with Crippen LogP contribution in [0.5, 0.6) is 5.75 Å². The van der Waals surface area contributed by atoms with Crippen LogP contribution in [0.25, 0.3) is 10.6 Å². The van der Waals surface area contributed by atoms with Crippen LogP contribution in [-0.2, 0) is 0 Å². The van der Waals surface area contributed by atoms with E-state index in [1.807, 2.05) is 0 Å². The first-order valence-corrected chi connectivity index (χ1v) is 5.47. The molecule has 1 aromatic heterocycles. The van der Waals surface area contributed by atoms with E-state index in [-0.39, 0.29) is 22.0 Å². The highest BCUT2D eigenvalue weighted by Crippen LogP contribution is 2.30. The molecule has 88 valence electrons. The number of benzene rings is 1. The Morgan fingerprint density at radius 2 is 2.12 bits per heavy atom. The van der Waals surface area contributed by atoms with Crippen LogP contribution in [0.15, 0.2) is 17.5 Å². The molecule has 0 aliphatic carbocycles. The summed E-state index contributed by atoms with van der Waals surface area (Å²) in [6, 6.07) is 1.95. The number of ether oxygens (including phenoxy) is 1. The Bertz CT molecular complexity index is 569. The molecular formula is C11H7F2NO2S. The Kier molecular flexibility index (Phi) is 3.14. The summed E-state index contributed by atoms with van der Waals surface area (Å²) in [5.41, 5.74) is 0.210. The number of rotatable bonds is 3. The van der Waals surface area contributed by atoms with Crippen LogP contribution < -0.4 is 4.74 Å². The molecule has 0 saturated heterocycles. The van der Waals surface area contributed by atoms with Gasteiger partial charge in [0.2, 0.25) is 0 Å². The highest BCUT2D eigenvalue weighted by molar-refractivity contribution is 7.13. The molecule has 0 bridgehead atoms. The topological polar surface area (TPSA) is 39.2 Å². The number of carbonyl (C=O) groups excluding carboxylic acids is 1.